The van der Waals surface area contributed by atoms with Crippen LogP contribution in [-0.2, 0) is 13.5 Å². The van der Waals surface area contributed by atoms with Crippen LogP contribution in [0.15, 0.2) is 54.9 Å². The van der Waals surface area contributed by atoms with Gasteiger partial charge in [-0.15, -0.1) is 0 Å². The zero-order valence-electron chi connectivity index (χ0n) is 13.7. The van der Waals surface area contributed by atoms with Crippen LogP contribution in [0.4, 0.5) is 14.9 Å². The highest BCUT2D eigenvalue weighted by Gasteiger charge is 2.13. The Morgan fingerprint density at radius 3 is 2.72 bits per heavy atom. The predicted octanol–water partition coefficient (Wildman–Crippen LogP) is 2.99. The number of hydrogen-bond acceptors (Lipinski definition) is 3. The van der Waals surface area contributed by atoms with Gasteiger partial charge >= 0.3 is 6.03 Å². The molecule has 2 heterocycles. The van der Waals surface area contributed by atoms with E-state index in [9.17, 15) is 9.18 Å². The lowest BCUT2D eigenvalue weighted by Gasteiger charge is -2.07. The largest absolute Gasteiger partial charge is 0.338 e. The number of aryl methyl sites for hydroxylation is 1. The van der Waals surface area contributed by atoms with Gasteiger partial charge in [0.2, 0.25) is 0 Å². The van der Waals surface area contributed by atoms with Crippen molar-refractivity contribution in [2.75, 3.05) is 11.9 Å². The van der Waals surface area contributed by atoms with Gasteiger partial charge in [0.1, 0.15) is 11.5 Å². The molecule has 0 unspecified atom stereocenters. The average Bonchev–Trinajstić information content (AvgIpc) is 2.97. The molecule has 0 saturated carbocycles. The molecule has 128 valence electrons. The predicted molar refractivity (Wildman–Crippen MR) is 93.6 cm³/mol. The van der Waals surface area contributed by atoms with E-state index in [1.807, 2.05) is 18.2 Å². The van der Waals surface area contributed by atoms with Crippen molar-refractivity contribution in [1.82, 2.24) is 20.1 Å². The second kappa shape index (κ2) is 7.57. The third-order valence-electron chi connectivity index (χ3n) is 3.60. The van der Waals surface area contributed by atoms with Crippen molar-refractivity contribution < 1.29 is 9.18 Å². The van der Waals surface area contributed by atoms with Crippen LogP contribution in [0.5, 0.6) is 0 Å². The second-order valence-corrected chi connectivity index (χ2v) is 5.54. The Hall–Kier alpha value is -3.22. The maximum atomic E-state index is 12.9. The van der Waals surface area contributed by atoms with Crippen LogP contribution in [0.25, 0.3) is 11.4 Å². The first-order chi connectivity index (χ1) is 12.1. The van der Waals surface area contributed by atoms with Crippen LogP contribution in [-0.4, -0.2) is 27.3 Å². The number of nitrogens with one attached hydrogen (secondary N) is 2. The lowest BCUT2D eigenvalue weighted by atomic mass is 10.1. The molecular weight excluding hydrogens is 321 g/mol. The quantitative estimate of drug-likeness (QED) is 0.751. The van der Waals surface area contributed by atoms with E-state index >= 15 is 0 Å². The highest BCUT2D eigenvalue weighted by molar-refractivity contribution is 5.92. The van der Waals surface area contributed by atoms with Crippen molar-refractivity contribution in [2.45, 2.75) is 6.42 Å². The monoisotopic (exact) mass is 339 g/mol. The maximum absolute atomic E-state index is 12.9. The molecular formula is C18H18FN5O. The van der Waals surface area contributed by atoms with E-state index < -0.39 is 0 Å². The molecule has 0 saturated heterocycles. The zero-order valence-corrected chi connectivity index (χ0v) is 13.7. The third-order valence-corrected chi connectivity index (χ3v) is 3.60. The van der Waals surface area contributed by atoms with Crippen LogP contribution < -0.4 is 10.6 Å². The molecule has 6 nitrogen and oxygen atoms in total. The molecule has 0 fully saturated rings. The van der Waals surface area contributed by atoms with Crippen molar-refractivity contribution in [1.29, 1.82) is 0 Å². The minimum Gasteiger partial charge on any atom is -0.338 e. The summed E-state index contributed by atoms with van der Waals surface area (Å²) in [5, 5.41) is 9.92. The second-order valence-electron chi connectivity index (χ2n) is 5.54. The first kappa shape index (κ1) is 16.6. The van der Waals surface area contributed by atoms with Crippen LogP contribution in [0.2, 0.25) is 0 Å². The number of pyridine rings is 1. The van der Waals surface area contributed by atoms with Gasteiger partial charge in [0.05, 0.1) is 11.4 Å². The number of nitrogens with zero attached hydrogens (tertiary/aromatic N) is 3. The summed E-state index contributed by atoms with van der Waals surface area (Å²) in [6.07, 6.45) is 4.02. The third kappa shape index (κ3) is 4.41. The number of hydrogen-bond donors (Lipinski definition) is 2. The van der Waals surface area contributed by atoms with E-state index in [0.717, 1.165) is 5.56 Å². The van der Waals surface area contributed by atoms with Gasteiger partial charge in [-0.25, -0.2) is 9.18 Å². The van der Waals surface area contributed by atoms with Gasteiger partial charge in [-0.05, 0) is 36.2 Å². The highest BCUT2D eigenvalue weighted by atomic mass is 19.1. The normalized spacial score (nSPS) is 10.5. The van der Waals surface area contributed by atoms with Crippen molar-refractivity contribution in [3.05, 3.63) is 66.2 Å². The summed E-state index contributed by atoms with van der Waals surface area (Å²) in [6.45, 7) is 0.441. The summed E-state index contributed by atoms with van der Waals surface area (Å²) in [4.78, 5) is 16.4. The lowest BCUT2D eigenvalue weighted by molar-refractivity contribution is 0.252. The first-order valence-corrected chi connectivity index (χ1v) is 7.86. The molecule has 2 N–H and O–H groups in total. The number of benzene rings is 1. The van der Waals surface area contributed by atoms with Gasteiger partial charge in [-0.2, -0.15) is 5.10 Å². The molecule has 1 aromatic carbocycles. The number of amides is 2. The number of anilines is 1. The SMILES string of the molecule is Cn1cc(NC(=O)NCCc2ccc(F)cc2)c(-c2ccccn2)n1. The molecule has 25 heavy (non-hydrogen) atoms. The van der Waals surface area contributed by atoms with E-state index in [0.29, 0.717) is 30.0 Å². The zero-order chi connectivity index (χ0) is 17.6. The Morgan fingerprint density at radius 1 is 1.20 bits per heavy atom. The fourth-order valence-electron chi connectivity index (χ4n) is 2.41. The maximum Gasteiger partial charge on any atom is 0.319 e. The van der Waals surface area contributed by atoms with Gasteiger partial charge in [-0.1, -0.05) is 18.2 Å². The summed E-state index contributed by atoms with van der Waals surface area (Å²) >= 11 is 0. The number of rotatable bonds is 5. The van der Waals surface area contributed by atoms with Gasteiger partial charge in [-0.3, -0.25) is 9.67 Å². The molecule has 0 atom stereocenters. The fraction of sp³-hybridized carbons (Fsp3) is 0.167. The Labute approximate surface area is 144 Å². The molecule has 2 aromatic heterocycles. The van der Waals surface area contributed by atoms with Gasteiger partial charge in [0, 0.05) is 26.0 Å². The summed E-state index contributed by atoms with van der Waals surface area (Å²) in [5.74, 6) is -0.270. The van der Waals surface area contributed by atoms with E-state index in [1.54, 1.807) is 36.3 Å². The van der Waals surface area contributed by atoms with Crippen LogP contribution >= 0.6 is 0 Å². The van der Waals surface area contributed by atoms with Crippen molar-refractivity contribution in [3.8, 4) is 11.4 Å². The molecule has 2 amide bonds. The van der Waals surface area contributed by atoms with Crippen LogP contribution in [0, 0.1) is 5.82 Å². The topological polar surface area (TPSA) is 71.8 Å². The number of halogens is 1. The Bertz CT molecular complexity index is 846. The molecule has 0 aliphatic heterocycles. The van der Waals surface area contributed by atoms with Crippen molar-refractivity contribution in [2.24, 2.45) is 7.05 Å². The van der Waals surface area contributed by atoms with E-state index in [2.05, 4.69) is 20.7 Å². The summed E-state index contributed by atoms with van der Waals surface area (Å²) in [6, 6.07) is 11.4. The smallest absolute Gasteiger partial charge is 0.319 e. The van der Waals surface area contributed by atoms with E-state index in [4.69, 9.17) is 0 Å². The molecule has 0 aliphatic rings. The number of carbonyl (C=O) groups is 1. The molecule has 7 heteroatoms. The van der Waals surface area contributed by atoms with Crippen LogP contribution in [0.1, 0.15) is 5.56 Å². The molecule has 0 bridgehead atoms. The minimum atomic E-state index is -0.327. The Balaban J connectivity index is 1.59. The first-order valence-electron chi connectivity index (χ1n) is 7.86. The minimum absolute atomic E-state index is 0.270. The molecule has 3 aromatic rings. The van der Waals surface area contributed by atoms with Gasteiger partial charge < -0.3 is 10.6 Å². The van der Waals surface area contributed by atoms with Crippen molar-refractivity contribution >= 4 is 11.7 Å². The highest BCUT2D eigenvalue weighted by Crippen LogP contribution is 2.23. The lowest BCUT2D eigenvalue weighted by Crippen LogP contribution is -2.30. The summed E-state index contributed by atoms with van der Waals surface area (Å²) in [7, 11) is 1.78. The molecule has 0 radical (unpaired) electrons. The number of carbonyl (C=O) groups excluding carboxylic acids is 1. The molecule has 3 rings (SSSR count). The van der Waals surface area contributed by atoms with Gasteiger partial charge in [0.15, 0.2) is 0 Å². The Kier molecular flexibility index (Phi) is 5.03. The summed E-state index contributed by atoms with van der Waals surface area (Å²) in [5.41, 5.74) is 2.83. The average molecular weight is 339 g/mol. The summed E-state index contributed by atoms with van der Waals surface area (Å²) < 4.78 is 14.5. The number of urea groups is 1. The molecule has 0 aliphatic carbocycles. The van der Waals surface area contributed by atoms with Crippen molar-refractivity contribution in [3.63, 3.8) is 0 Å². The van der Waals surface area contributed by atoms with Crippen LogP contribution in [0.3, 0.4) is 0 Å². The van der Waals surface area contributed by atoms with Gasteiger partial charge in [0.25, 0.3) is 0 Å². The Morgan fingerprint density at radius 2 is 2.00 bits per heavy atom. The van der Waals surface area contributed by atoms with E-state index in [1.165, 1.54) is 12.1 Å². The fourth-order valence-corrected chi connectivity index (χ4v) is 2.41. The standard InChI is InChI=1S/C18H18FN5O/c1-24-12-16(17(23-24)15-4-2-3-10-20-15)22-18(25)21-11-9-13-5-7-14(19)8-6-13/h2-8,10,12H,9,11H2,1H3,(H2,21,22,25). The molecule has 0 spiro atoms. The van der Waals surface area contributed by atoms with E-state index in [-0.39, 0.29) is 11.8 Å². The number of aromatic nitrogens is 3.